The summed E-state index contributed by atoms with van der Waals surface area (Å²) in [6.45, 7) is 2.51. The molecule has 140 valence electrons. The number of hydrogen-bond acceptors (Lipinski definition) is 4. The van der Waals surface area contributed by atoms with Gasteiger partial charge in [0.05, 0.1) is 6.54 Å². The van der Waals surface area contributed by atoms with Gasteiger partial charge in [-0.3, -0.25) is 19.6 Å². The number of halogens is 2. The van der Waals surface area contributed by atoms with E-state index < -0.39 is 5.92 Å². The van der Waals surface area contributed by atoms with Crippen LogP contribution in [0.15, 0.2) is 12.1 Å². The molecule has 0 bridgehead atoms. The molecule has 0 aromatic carbocycles. The SMILES string of the molecule is Cc1ccc2nc(NC(=O)CN3CCC(F)(F)CC3)n(C3CCC3)c2n1. The zero-order valence-electron chi connectivity index (χ0n) is 14.8. The molecule has 26 heavy (non-hydrogen) atoms. The molecule has 3 heterocycles. The summed E-state index contributed by atoms with van der Waals surface area (Å²) in [5, 5.41) is 2.88. The van der Waals surface area contributed by atoms with Crippen LogP contribution >= 0.6 is 0 Å². The summed E-state index contributed by atoms with van der Waals surface area (Å²) >= 11 is 0. The van der Waals surface area contributed by atoms with Crippen molar-refractivity contribution in [2.75, 3.05) is 25.0 Å². The van der Waals surface area contributed by atoms with E-state index in [0.717, 1.165) is 36.1 Å². The van der Waals surface area contributed by atoms with Crippen molar-refractivity contribution in [1.82, 2.24) is 19.4 Å². The van der Waals surface area contributed by atoms with E-state index in [1.807, 2.05) is 23.6 Å². The van der Waals surface area contributed by atoms with Crippen molar-refractivity contribution < 1.29 is 13.6 Å². The number of aryl methyl sites for hydroxylation is 1. The van der Waals surface area contributed by atoms with E-state index in [0.29, 0.717) is 12.0 Å². The minimum atomic E-state index is -2.60. The highest BCUT2D eigenvalue weighted by atomic mass is 19.3. The summed E-state index contributed by atoms with van der Waals surface area (Å²) in [7, 11) is 0. The Morgan fingerprint density at radius 1 is 1.27 bits per heavy atom. The number of aromatic nitrogens is 3. The van der Waals surface area contributed by atoms with Crippen LogP contribution in [0.25, 0.3) is 11.2 Å². The molecule has 1 saturated carbocycles. The van der Waals surface area contributed by atoms with Gasteiger partial charge < -0.3 is 0 Å². The van der Waals surface area contributed by atoms with Crippen molar-refractivity contribution in [1.29, 1.82) is 0 Å². The third kappa shape index (κ3) is 3.42. The zero-order chi connectivity index (χ0) is 18.3. The Bertz CT molecular complexity index is 820. The molecule has 2 aliphatic rings. The second kappa shape index (κ2) is 6.57. The topological polar surface area (TPSA) is 63.1 Å². The summed E-state index contributed by atoms with van der Waals surface area (Å²) < 4.78 is 28.5. The van der Waals surface area contributed by atoms with Gasteiger partial charge in [-0.25, -0.2) is 18.7 Å². The average molecular weight is 363 g/mol. The summed E-state index contributed by atoms with van der Waals surface area (Å²) in [6.07, 6.45) is 2.87. The first-order valence-electron chi connectivity index (χ1n) is 9.17. The van der Waals surface area contributed by atoms with Gasteiger partial charge in [0, 0.05) is 37.7 Å². The van der Waals surface area contributed by atoms with Crippen LogP contribution in [0.3, 0.4) is 0 Å². The van der Waals surface area contributed by atoms with Crippen LogP contribution in [0.2, 0.25) is 0 Å². The number of nitrogens with one attached hydrogen (secondary N) is 1. The van der Waals surface area contributed by atoms with Crippen LogP contribution < -0.4 is 5.32 Å². The lowest BCUT2D eigenvalue weighted by Crippen LogP contribution is -2.43. The average Bonchev–Trinajstić information content (AvgIpc) is 2.85. The van der Waals surface area contributed by atoms with Crippen molar-refractivity contribution in [3.63, 3.8) is 0 Å². The first kappa shape index (κ1) is 17.3. The smallest absolute Gasteiger partial charge is 0.250 e. The maximum atomic E-state index is 13.3. The normalized spacial score (nSPS) is 20.9. The highest BCUT2D eigenvalue weighted by molar-refractivity contribution is 5.92. The number of fused-ring (bicyclic) bond motifs is 1. The molecule has 8 heteroatoms. The van der Waals surface area contributed by atoms with E-state index in [9.17, 15) is 13.6 Å². The van der Waals surface area contributed by atoms with Crippen molar-refractivity contribution in [2.45, 2.75) is 51.0 Å². The monoisotopic (exact) mass is 363 g/mol. The lowest BCUT2D eigenvalue weighted by Gasteiger charge is -2.31. The van der Waals surface area contributed by atoms with E-state index in [1.165, 1.54) is 0 Å². The van der Waals surface area contributed by atoms with Gasteiger partial charge in [-0.05, 0) is 38.3 Å². The maximum Gasteiger partial charge on any atom is 0.250 e. The molecule has 1 aliphatic heterocycles. The zero-order valence-corrected chi connectivity index (χ0v) is 14.8. The minimum Gasteiger partial charge on any atom is -0.295 e. The van der Waals surface area contributed by atoms with E-state index in [2.05, 4.69) is 15.3 Å². The largest absolute Gasteiger partial charge is 0.295 e. The fourth-order valence-electron chi connectivity index (χ4n) is 3.55. The highest BCUT2D eigenvalue weighted by Crippen LogP contribution is 2.36. The van der Waals surface area contributed by atoms with Crippen LogP contribution in [-0.2, 0) is 4.79 Å². The van der Waals surface area contributed by atoms with Gasteiger partial charge >= 0.3 is 0 Å². The molecule has 1 aliphatic carbocycles. The van der Waals surface area contributed by atoms with Crippen LogP contribution in [0.4, 0.5) is 14.7 Å². The molecule has 0 spiro atoms. The van der Waals surface area contributed by atoms with Gasteiger partial charge in [-0.15, -0.1) is 0 Å². The molecule has 6 nitrogen and oxygen atoms in total. The molecular weight excluding hydrogens is 340 g/mol. The molecule has 0 unspecified atom stereocenters. The molecular formula is C18H23F2N5O. The highest BCUT2D eigenvalue weighted by Gasteiger charge is 2.34. The molecule has 2 aromatic rings. The molecule has 0 radical (unpaired) electrons. The van der Waals surface area contributed by atoms with Gasteiger partial charge in [-0.1, -0.05) is 0 Å². The lowest BCUT2D eigenvalue weighted by atomic mass is 9.93. The third-order valence-electron chi connectivity index (χ3n) is 5.32. The quantitative estimate of drug-likeness (QED) is 0.907. The van der Waals surface area contributed by atoms with Gasteiger partial charge in [0.25, 0.3) is 5.92 Å². The summed E-state index contributed by atoms with van der Waals surface area (Å²) in [5.41, 5.74) is 2.46. The van der Waals surface area contributed by atoms with Crippen LogP contribution in [-0.4, -0.2) is 50.9 Å². The van der Waals surface area contributed by atoms with Gasteiger partial charge in [0.1, 0.15) is 5.52 Å². The Morgan fingerprint density at radius 2 is 2.00 bits per heavy atom. The number of piperidine rings is 1. The lowest BCUT2D eigenvalue weighted by molar-refractivity contribution is -0.119. The Labute approximate surface area is 150 Å². The summed E-state index contributed by atoms with van der Waals surface area (Å²) in [4.78, 5) is 23.4. The predicted octanol–water partition coefficient (Wildman–Crippen LogP) is 3.13. The second-order valence-corrected chi connectivity index (χ2v) is 7.37. The molecule has 1 amide bonds. The number of carbonyl (C=O) groups is 1. The summed E-state index contributed by atoms with van der Waals surface area (Å²) in [6, 6.07) is 4.12. The number of nitrogens with zero attached hydrogens (tertiary/aromatic N) is 4. The third-order valence-corrected chi connectivity index (χ3v) is 5.32. The van der Waals surface area contributed by atoms with Gasteiger partial charge in [-0.2, -0.15) is 0 Å². The van der Waals surface area contributed by atoms with Gasteiger partial charge in [0.2, 0.25) is 11.9 Å². The number of carbonyl (C=O) groups excluding carboxylic acids is 1. The predicted molar refractivity (Wildman–Crippen MR) is 94.4 cm³/mol. The molecule has 4 rings (SSSR count). The number of imidazole rings is 1. The van der Waals surface area contributed by atoms with Crippen LogP contribution in [0, 0.1) is 6.92 Å². The molecule has 1 N–H and O–H groups in total. The van der Waals surface area contributed by atoms with E-state index in [-0.39, 0.29) is 38.4 Å². The second-order valence-electron chi connectivity index (χ2n) is 7.37. The van der Waals surface area contributed by atoms with Crippen LogP contribution in [0.1, 0.15) is 43.8 Å². The Kier molecular flexibility index (Phi) is 4.38. The number of rotatable bonds is 4. The number of likely N-dealkylation sites (tertiary alicyclic amines) is 1. The number of hydrogen-bond donors (Lipinski definition) is 1. The fourth-order valence-corrected chi connectivity index (χ4v) is 3.55. The van der Waals surface area contributed by atoms with Gasteiger partial charge in [0.15, 0.2) is 5.65 Å². The Hall–Kier alpha value is -2.09. The van der Waals surface area contributed by atoms with E-state index in [4.69, 9.17) is 0 Å². The summed E-state index contributed by atoms with van der Waals surface area (Å²) in [5.74, 6) is -2.31. The van der Waals surface area contributed by atoms with Crippen molar-refractivity contribution in [3.8, 4) is 0 Å². The number of anilines is 1. The van der Waals surface area contributed by atoms with E-state index >= 15 is 0 Å². The van der Waals surface area contributed by atoms with E-state index in [1.54, 1.807) is 4.90 Å². The number of alkyl halides is 2. The first-order valence-corrected chi connectivity index (χ1v) is 9.17. The van der Waals surface area contributed by atoms with Crippen molar-refractivity contribution in [3.05, 3.63) is 17.8 Å². The minimum absolute atomic E-state index is 0.108. The first-order chi connectivity index (χ1) is 12.4. The van der Waals surface area contributed by atoms with Crippen LogP contribution in [0.5, 0.6) is 0 Å². The van der Waals surface area contributed by atoms with Crippen molar-refractivity contribution in [2.24, 2.45) is 0 Å². The molecule has 0 atom stereocenters. The number of pyridine rings is 1. The fraction of sp³-hybridized carbons (Fsp3) is 0.611. The standard InChI is InChI=1S/C18H23F2N5O/c1-12-5-6-14-16(21-12)25(13-3-2-4-13)17(22-14)23-15(26)11-24-9-7-18(19,20)8-10-24/h5-6,13H,2-4,7-11H2,1H3,(H,22,23,26). The molecule has 2 fully saturated rings. The molecule has 2 aromatic heterocycles. The number of amides is 1. The Balaban J connectivity index is 1.50. The molecule has 1 saturated heterocycles. The Morgan fingerprint density at radius 3 is 2.65 bits per heavy atom. The van der Waals surface area contributed by atoms with Crippen molar-refractivity contribution >= 4 is 23.0 Å². The maximum absolute atomic E-state index is 13.3.